The quantitative estimate of drug-likeness (QED) is 0.835. The summed E-state index contributed by atoms with van der Waals surface area (Å²) in [6.45, 7) is 0.301. The molecule has 5 nitrogen and oxygen atoms in total. The molecule has 1 fully saturated rings. The number of carboxylic acids is 1. The Morgan fingerprint density at radius 2 is 2.00 bits per heavy atom. The summed E-state index contributed by atoms with van der Waals surface area (Å²) in [4.78, 5) is 25.6. The van der Waals surface area contributed by atoms with Crippen molar-refractivity contribution in [3.8, 4) is 0 Å². The van der Waals surface area contributed by atoms with E-state index in [1.165, 1.54) is 36.2 Å². The molecular formula is C12H13FN2O3. The van der Waals surface area contributed by atoms with Crippen LogP contribution in [-0.2, 0) is 9.59 Å². The first-order valence-corrected chi connectivity index (χ1v) is 5.48. The van der Waals surface area contributed by atoms with Crippen LogP contribution in [0.4, 0.5) is 10.1 Å². The lowest BCUT2D eigenvalue weighted by Crippen LogP contribution is -2.57. The zero-order chi connectivity index (χ0) is 13.3. The number of carbonyl (C=O) groups excluding carboxylic acids is 1. The molecule has 0 radical (unpaired) electrons. The van der Waals surface area contributed by atoms with E-state index in [1.807, 2.05) is 0 Å². The summed E-state index contributed by atoms with van der Waals surface area (Å²) in [5, 5.41) is 9.05. The average Bonchev–Trinajstić information content (AvgIpc) is 2.33. The number of hydrogen-bond acceptors (Lipinski definition) is 3. The van der Waals surface area contributed by atoms with Gasteiger partial charge in [-0.05, 0) is 24.3 Å². The molecule has 1 aliphatic heterocycles. The molecule has 1 unspecified atom stereocenters. The van der Waals surface area contributed by atoms with Gasteiger partial charge in [0.1, 0.15) is 11.9 Å². The van der Waals surface area contributed by atoms with E-state index >= 15 is 0 Å². The van der Waals surface area contributed by atoms with Crippen molar-refractivity contribution in [3.05, 3.63) is 30.1 Å². The molecule has 0 aromatic heterocycles. The van der Waals surface area contributed by atoms with Gasteiger partial charge in [0.05, 0.1) is 6.54 Å². The third-order valence-corrected chi connectivity index (χ3v) is 3.06. The van der Waals surface area contributed by atoms with Crippen molar-refractivity contribution in [1.29, 1.82) is 0 Å². The van der Waals surface area contributed by atoms with Crippen molar-refractivity contribution in [1.82, 2.24) is 4.90 Å². The second-order valence-corrected chi connectivity index (χ2v) is 4.22. The molecular weight excluding hydrogens is 239 g/mol. The van der Waals surface area contributed by atoms with E-state index in [0.717, 1.165) is 0 Å². The molecule has 0 bridgehead atoms. The summed E-state index contributed by atoms with van der Waals surface area (Å²) in [7, 11) is 1.48. The molecule has 1 aromatic rings. The molecule has 1 amide bonds. The van der Waals surface area contributed by atoms with E-state index in [9.17, 15) is 14.0 Å². The van der Waals surface area contributed by atoms with Crippen molar-refractivity contribution >= 4 is 17.6 Å². The predicted molar refractivity (Wildman–Crippen MR) is 62.8 cm³/mol. The standard InChI is InChI=1S/C12H13FN2O3/c1-14-10(12(17)18)6-15(7-11(14)16)9-4-2-8(13)3-5-9/h2-5,10H,6-7H2,1H3,(H,17,18). The van der Waals surface area contributed by atoms with Crippen LogP contribution in [0.15, 0.2) is 24.3 Å². The maximum absolute atomic E-state index is 12.8. The van der Waals surface area contributed by atoms with Crippen LogP contribution in [0.5, 0.6) is 0 Å². The molecule has 0 saturated carbocycles. The first kappa shape index (κ1) is 12.3. The number of rotatable bonds is 2. The number of anilines is 1. The first-order chi connectivity index (χ1) is 8.49. The van der Waals surface area contributed by atoms with Crippen LogP contribution < -0.4 is 4.90 Å². The van der Waals surface area contributed by atoms with Crippen LogP contribution in [0.25, 0.3) is 0 Å². The van der Waals surface area contributed by atoms with Gasteiger partial charge < -0.3 is 14.9 Å². The van der Waals surface area contributed by atoms with Crippen molar-refractivity contribution < 1.29 is 19.1 Å². The van der Waals surface area contributed by atoms with Crippen molar-refractivity contribution in [3.63, 3.8) is 0 Å². The molecule has 96 valence electrons. The summed E-state index contributed by atoms with van der Waals surface area (Å²) in [6.07, 6.45) is 0. The lowest BCUT2D eigenvalue weighted by Gasteiger charge is -2.37. The van der Waals surface area contributed by atoms with Crippen LogP contribution in [0, 0.1) is 5.82 Å². The monoisotopic (exact) mass is 252 g/mol. The summed E-state index contributed by atoms with van der Waals surface area (Å²) < 4.78 is 12.8. The maximum Gasteiger partial charge on any atom is 0.328 e. The number of nitrogens with zero attached hydrogens (tertiary/aromatic N) is 2. The number of piperazine rings is 1. The molecule has 1 aromatic carbocycles. The molecule has 6 heteroatoms. The van der Waals surface area contributed by atoms with Gasteiger partial charge in [-0.3, -0.25) is 4.79 Å². The zero-order valence-corrected chi connectivity index (χ0v) is 9.84. The van der Waals surface area contributed by atoms with Gasteiger partial charge in [0.15, 0.2) is 0 Å². The minimum Gasteiger partial charge on any atom is -0.480 e. The Balaban J connectivity index is 2.22. The van der Waals surface area contributed by atoms with E-state index in [-0.39, 0.29) is 24.8 Å². The van der Waals surface area contributed by atoms with Gasteiger partial charge in [-0.25, -0.2) is 9.18 Å². The molecule has 1 heterocycles. The number of likely N-dealkylation sites (N-methyl/N-ethyl adjacent to an activating group) is 1. The van der Waals surface area contributed by atoms with Crippen molar-refractivity contribution in [2.45, 2.75) is 6.04 Å². The normalized spacial score (nSPS) is 20.1. The van der Waals surface area contributed by atoms with Crippen LogP contribution in [0.1, 0.15) is 0 Å². The van der Waals surface area contributed by atoms with E-state index < -0.39 is 12.0 Å². The summed E-state index contributed by atoms with van der Waals surface area (Å²) >= 11 is 0. The average molecular weight is 252 g/mol. The summed E-state index contributed by atoms with van der Waals surface area (Å²) in [5.41, 5.74) is 0.643. The Kier molecular flexibility index (Phi) is 3.18. The molecule has 0 spiro atoms. The zero-order valence-electron chi connectivity index (χ0n) is 9.84. The molecule has 2 rings (SSSR count). The third-order valence-electron chi connectivity index (χ3n) is 3.06. The second-order valence-electron chi connectivity index (χ2n) is 4.22. The van der Waals surface area contributed by atoms with E-state index in [1.54, 1.807) is 4.90 Å². The number of benzene rings is 1. The summed E-state index contributed by atoms with van der Waals surface area (Å²) in [5.74, 6) is -1.68. The Labute approximate surface area is 103 Å². The fourth-order valence-corrected chi connectivity index (χ4v) is 1.94. The highest BCUT2D eigenvalue weighted by Crippen LogP contribution is 2.19. The highest BCUT2D eigenvalue weighted by atomic mass is 19.1. The second kappa shape index (κ2) is 4.64. The van der Waals surface area contributed by atoms with Gasteiger partial charge >= 0.3 is 5.97 Å². The SMILES string of the molecule is CN1C(=O)CN(c2ccc(F)cc2)CC1C(=O)O. The number of hydrogen-bond donors (Lipinski definition) is 1. The van der Waals surface area contributed by atoms with E-state index in [4.69, 9.17) is 5.11 Å². The highest BCUT2D eigenvalue weighted by Gasteiger charge is 2.34. The number of amides is 1. The van der Waals surface area contributed by atoms with Crippen LogP contribution in [0.2, 0.25) is 0 Å². The van der Waals surface area contributed by atoms with Gasteiger partial charge in [0.25, 0.3) is 0 Å². The highest BCUT2D eigenvalue weighted by molar-refractivity contribution is 5.89. The third kappa shape index (κ3) is 2.27. The van der Waals surface area contributed by atoms with Gasteiger partial charge in [-0.1, -0.05) is 0 Å². The van der Waals surface area contributed by atoms with Gasteiger partial charge in [-0.2, -0.15) is 0 Å². The maximum atomic E-state index is 12.8. The Morgan fingerprint density at radius 1 is 1.39 bits per heavy atom. The molecule has 18 heavy (non-hydrogen) atoms. The predicted octanol–water partition coefficient (Wildman–Crippen LogP) is 0.557. The van der Waals surface area contributed by atoms with E-state index in [2.05, 4.69) is 0 Å². The minimum absolute atomic E-state index is 0.103. The smallest absolute Gasteiger partial charge is 0.328 e. The molecule has 1 N–H and O–H groups in total. The fraction of sp³-hybridized carbons (Fsp3) is 0.333. The Bertz CT molecular complexity index is 475. The van der Waals surface area contributed by atoms with Crippen molar-refractivity contribution in [2.75, 3.05) is 25.0 Å². The Morgan fingerprint density at radius 3 is 2.56 bits per heavy atom. The van der Waals surface area contributed by atoms with Crippen LogP contribution >= 0.6 is 0 Å². The molecule has 1 saturated heterocycles. The molecule has 1 aliphatic rings. The van der Waals surface area contributed by atoms with Crippen LogP contribution in [-0.4, -0.2) is 48.1 Å². The number of carboxylic acid groups (broad SMARTS) is 1. The number of carbonyl (C=O) groups is 2. The first-order valence-electron chi connectivity index (χ1n) is 5.48. The largest absolute Gasteiger partial charge is 0.480 e. The Hall–Kier alpha value is -2.11. The minimum atomic E-state index is -1.04. The van der Waals surface area contributed by atoms with E-state index in [0.29, 0.717) is 5.69 Å². The van der Waals surface area contributed by atoms with Crippen molar-refractivity contribution in [2.24, 2.45) is 0 Å². The fourth-order valence-electron chi connectivity index (χ4n) is 1.94. The van der Waals surface area contributed by atoms with Crippen LogP contribution in [0.3, 0.4) is 0 Å². The van der Waals surface area contributed by atoms with Gasteiger partial charge in [0.2, 0.25) is 5.91 Å². The molecule has 0 aliphatic carbocycles. The lowest BCUT2D eigenvalue weighted by molar-refractivity contribution is -0.149. The number of aliphatic carboxylic acids is 1. The van der Waals surface area contributed by atoms with Gasteiger partial charge in [0, 0.05) is 19.3 Å². The number of halogens is 1. The lowest BCUT2D eigenvalue weighted by atomic mass is 10.1. The van der Waals surface area contributed by atoms with Gasteiger partial charge in [-0.15, -0.1) is 0 Å². The summed E-state index contributed by atoms with van der Waals surface area (Å²) in [6, 6.07) is 4.76. The topological polar surface area (TPSA) is 60.9 Å². The molecule has 1 atom stereocenters.